The lowest BCUT2D eigenvalue weighted by atomic mass is 9.86. The van der Waals surface area contributed by atoms with Gasteiger partial charge in [-0.1, -0.05) is 6.07 Å². The molecular formula is C12H18BNO5. The number of hydrogen-bond acceptors (Lipinski definition) is 6. The molecule has 1 aliphatic heterocycles. The molecule has 2 N–H and O–H groups in total. The molecule has 0 spiro atoms. The van der Waals surface area contributed by atoms with Gasteiger partial charge in [-0.2, -0.15) is 0 Å². The smallest absolute Gasteiger partial charge is 0.475 e. The van der Waals surface area contributed by atoms with Gasteiger partial charge in [-0.25, -0.2) is 4.98 Å². The highest BCUT2D eigenvalue weighted by Gasteiger charge is 2.14. The Morgan fingerprint density at radius 2 is 2.21 bits per heavy atom. The van der Waals surface area contributed by atoms with Crippen molar-refractivity contribution in [1.29, 1.82) is 0 Å². The molecule has 1 fully saturated rings. The number of aromatic nitrogens is 1. The lowest BCUT2D eigenvalue weighted by Crippen LogP contribution is -2.32. The number of pyridine rings is 1. The number of rotatable bonds is 6. The first kappa shape index (κ1) is 14.3. The minimum absolute atomic E-state index is 0.129. The van der Waals surface area contributed by atoms with Crippen LogP contribution in [-0.2, 0) is 9.47 Å². The van der Waals surface area contributed by atoms with Gasteiger partial charge in [-0.05, 0) is 25.3 Å². The van der Waals surface area contributed by atoms with Gasteiger partial charge in [0.2, 0.25) is 5.88 Å². The van der Waals surface area contributed by atoms with Crippen molar-refractivity contribution in [2.75, 3.05) is 19.8 Å². The first-order valence-electron chi connectivity index (χ1n) is 6.45. The fraction of sp³-hybridized carbons (Fsp3) is 0.583. The SMILES string of the molecule is OB(O)c1cccc(OCCOC2CCCCO2)n1. The van der Waals surface area contributed by atoms with E-state index in [1.807, 2.05) is 0 Å². The van der Waals surface area contributed by atoms with E-state index in [-0.39, 0.29) is 11.9 Å². The number of ether oxygens (including phenoxy) is 3. The van der Waals surface area contributed by atoms with Crippen LogP contribution in [-0.4, -0.2) is 48.3 Å². The van der Waals surface area contributed by atoms with E-state index >= 15 is 0 Å². The maximum absolute atomic E-state index is 8.99. The Hall–Kier alpha value is -1.15. The molecule has 0 aromatic carbocycles. The first-order valence-corrected chi connectivity index (χ1v) is 6.45. The molecular weight excluding hydrogens is 249 g/mol. The second-order valence-electron chi connectivity index (χ2n) is 4.29. The van der Waals surface area contributed by atoms with Crippen molar-refractivity contribution >= 4 is 12.7 Å². The normalized spacial score (nSPS) is 19.2. The van der Waals surface area contributed by atoms with E-state index < -0.39 is 7.12 Å². The second kappa shape index (κ2) is 7.45. The average Bonchev–Trinajstić information content (AvgIpc) is 2.45. The summed E-state index contributed by atoms with van der Waals surface area (Å²) in [7, 11) is -1.59. The lowest BCUT2D eigenvalue weighted by molar-refractivity contribution is -0.165. The van der Waals surface area contributed by atoms with Gasteiger partial charge in [-0.15, -0.1) is 0 Å². The molecule has 0 amide bonds. The molecule has 1 aromatic heterocycles. The van der Waals surface area contributed by atoms with Crippen molar-refractivity contribution in [3.63, 3.8) is 0 Å². The third-order valence-electron chi connectivity index (χ3n) is 2.78. The first-order chi connectivity index (χ1) is 9.25. The van der Waals surface area contributed by atoms with Gasteiger partial charge in [0.25, 0.3) is 0 Å². The summed E-state index contributed by atoms with van der Waals surface area (Å²) < 4.78 is 16.3. The lowest BCUT2D eigenvalue weighted by Gasteiger charge is -2.22. The van der Waals surface area contributed by atoms with Crippen molar-refractivity contribution in [2.24, 2.45) is 0 Å². The largest absolute Gasteiger partial charge is 0.508 e. The maximum atomic E-state index is 8.99. The summed E-state index contributed by atoms with van der Waals surface area (Å²) in [4.78, 5) is 3.95. The zero-order chi connectivity index (χ0) is 13.5. The monoisotopic (exact) mass is 267 g/mol. The van der Waals surface area contributed by atoms with Crippen LogP contribution in [0.25, 0.3) is 0 Å². The second-order valence-corrected chi connectivity index (χ2v) is 4.29. The van der Waals surface area contributed by atoms with Crippen molar-refractivity contribution in [3.8, 4) is 5.88 Å². The highest BCUT2D eigenvalue weighted by atomic mass is 16.7. The predicted octanol–water partition coefficient (Wildman–Crippen LogP) is -0.317. The van der Waals surface area contributed by atoms with Gasteiger partial charge in [0, 0.05) is 12.7 Å². The summed E-state index contributed by atoms with van der Waals surface area (Å²) in [5.74, 6) is 0.346. The quantitative estimate of drug-likeness (QED) is 0.543. The number of hydrogen-bond donors (Lipinski definition) is 2. The van der Waals surface area contributed by atoms with Gasteiger partial charge in [0.05, 0.1) is 12.2 Å². The Bertz CT molecular complexity index is 384. The zero-order valence-electron chi connectivity index (χ0n) is 10.7. The van der Waals surface area contributed by atoms with Gasteiger partial charge in [-0.3, -0.25) is 0 Å². The topological polar surface area (TPSA) is 81.0 Å². The molecule has 1 aliphatic rings. The standard InChI is InChI=1S/C12H18BNO5/c15-13(16)10-4-3-5-11(14-10)17-8-9-19-12-6-1-2-7-18-12/h3-5,12,15-16H,1-2,6-9H2. The molecule has 0 aliphatic carbocycles. The van der Waals surface area contributed by atoms with Crippen LogP contribution in [0.4, 0.5) is 0 Å². The Morgan fingerprint density at radius 3 is 2.95 bits per heavy atom. The summed E-state index contributed by atoms with van der Waals surface area (Å²) in [5.41, 5.74) is 0.161. The van der Waals surface area contributed by atoms with E-state index in [0.29, 0.717) is 19.1 Å². The van der Waals surface area contributed by atoms with E-state index in [9.17, 15) is 0 Å². The summed E-state index contributed by atoms with van der Waals surface area (Å²) in [6.07, 6.45) is 3.01. The molecule has 0 saturated carbocycles. The van der Waals surface area contributed by atoms with Crippen molar-refractivity contribution in [2.45, 2.75) is 25.6 Å². The Kier molecular flexibility index (Phi) is 5.59. The molecule has 0 bridgehead atoms. The molecule has 6 nitrogen and oxygen atoms in total. The van der Waals surface area contributed by atoms with Crippen molar-refractivity contribution < 1.29 is 24.3 Å². The summed E-state index contributed by atoms with van der Waals surface area (Å²) in [6.45, 7) is 1.51. The Morgan fingerprint density at radius 1 is 1.32 bits per heavy atom. The van der Waals surface area contributed by atoms with Crippen LogP contribution in [0.5, 0.6) is 5.88 Å². The van der Waals surface area contributed by atoms with Crippen LogP contribution in [0.15, 0.2) is 18.2 Å². The van der Waals surface area contributed by atoms with Crippen LogP contribution >= 0.6 is 0 Å². The molecule has 1 saturated heterocycles. The summed E-state index contributed by atoms with van der Waals surface area (Å²) >= 11 is 0. The third-order valence-corrected chi connectivity index (χ3v) is 2.78. The van der Waals surface area contributed by atoms with Crippen LogP contribution < -0.4 is 10.3 Å². The zero-order valence-corrected chi connectivity index (χ0v) is 10.7. The van der Waals surface area contributed by atoms with Gasteiger partial charge in [0.15, 0.2) is 6.29 Å². The molecule has 1 aromatic rings. The summed E-state index contributed by atoms with van der Waals surface area (Å²) in [5, 5.41) is 18.0. The highest BCUT2D eigenvalue weighted by Crippen LogP contribution is 2.13. The van der Waals surface area contributed by atoms with Gasteiger partial charge in [0.1, 0.15) is 6.61 Å². The van der Waals surface area contributed by atoms with E-state index in [4.69, 9.17) is 24.3 Å². The Labute approximate surface area is 112 Å². The van der Waals surface area contributed by atoms with Gasteiger partial charge < -0.3 is 24.3 Å². The van der Waals surface area contributed by atoms with Crippen LogP contribution in [0.1, 0.15) is 19.3 Å². The molecule has 19 heavy (non-hydrogen) atoms. The van der Waals surface area contributed by atoms with Crippen molar-refractivity contribution in [1.82, 2.24) is 4.98 Å². The van der Waals surface area contributed by atoms with Crippen molar-refractivity contribution in [3.05, 3.63) is 18.2 Å². The van der Waals surface area contributed by atoms with Gasteiger partial charge >= 0.3 is 7.12 Å². The minimum Gasteiger partial charge on any atom is -0.475 e. The fourth-order valence-corrected chi connectivity index (χ4v) is 1.82. The molecule has 0 radical (unpaired) electrons. The minimum atomic E-state index is -1.59. The predicted molar refractivity (Wildman–Crippen MR) is 69.1 cm³/mol. The van der Waals surface area contributed by atoms with Crippen LogP contribution in [0, 0.1) is 0 Å². The van der Waals surface area contributed by atoms with E-state index in [2.05, 4.69) is 4.98 Å². The molecule has 7 heteroatoms. The molecule has 1 atom stereocenters. The molecule has 104 valence electrons. The molecule has 1 unspecified atom stereocenters. The average molecular weight is 267 g/mol. The van der Waals surface area contributed by atoms with E-state index in [0.717, 1.165) is 25.9 Å². The fourth-order valence-electron chi connectivity index (χ4n) is 1.82. The molecule has 2 rings (SSSR count). The van der Waals surface area contributed by atoms with E-state index in [1.165, 1.54) is 6.07 Å². The molecule has 2 heterocycles. The van der Waals surface area contributed by atoms with Crippen LogP contribution in [0.3, 0.4) is 0 Å². The highest BCUT2D eigenvalue weighted by molar-refractivity contribution is 6.57. The Balaban J connectivity index is 1.68. The van der Waals surface area contributed by atoms with E-state index in [1.54, 1.807) is 12.1 Å². The van der Waals surface area contributed by atoms with Crippen LogP contribution in [0.2, 0.25) is 0 Å². The summed E-state index contributed by atoms with van der Waals surface area (Å²) in [6, 6.07) is 4.83. The number of nitrogens with zero attached hydrogens (tertiary/aromatic N) is 1. The maximum Gasteiger partial charge on any atom is 0.508 e. The third kappa shape index (κ3) is 4.79.